The van der Waals surface area contributed by atoms with Gasteiger partial charge in [-0.2, -0.15) is 0 Å². The number of aromatic carboxylic acids is 1. The van der Waals surface area contributed by atoms with Crippen LogP contribution in [0.1, 0.15) is 15.9 Å². The number of hydrogen-bond donors (Lipinski definition) is 1. The average Bonchev–Trinajstić information content (AvgIpc) is 2.93. The Morgan fingerprint density at radius 3 is 2.29 bits per heavy atom. The quantitative estimate of drug-likeness (QED) is 0.317. The summed E-state index contributed by atoms with van der Waals surface area (Å²) < 4.78 is 63.0. The Hall–Kier alpha value is -4.65. The summed E-state index contributed by atoms with van der Waals surface area (Å²) in [5.74, 6) is -2.99. The number of carboxylic acids is 1. The first-order valence-corrected chi connectivity index (χ1v) is 13.0. The van der Waals surface area contributed by atoms with E-state index < -0.39 is 51.5 Å². The summed E-state index contributed by atoms with van der Waals surface area (Å²) in [7, 11) is 3.74. The lowest BCUT2D eigenvalue weighted by molar-refractivity contribution is -0.274. The maximum Gasteiger partial charge on any atom is 0.573 e. The third-order valence-corrected chi connectivity index (χ3v) is 6.90. The fourth-order valence-electron chi connectivity index (χ4n) is 5.11. The van der Waals surface area contributed by atoms with E-state index in [4.69, 9.17) is 0 Å². The van der Waals surface area contributed by atoms with Crippen LogP contribution in [0.15, 0.2) is 65.7 Å². The first-order valence-electron chi connectivity index (χ1n) is 13.0. The van der Waals surface area contributed by atoms with E-state index in [-0.39, 0.29) is 18.8 Å². The van der Waals surface area contributed by atoms with Crippen molar-refractivity contribution in [3.63, 3.8) is 0 Å². The molecule has 3 heterocycles. The molecule has 0 saturated carbocycles. The van der Waals surface area contributed by atoms with Gasteiger partial charge in [-0.25, -0.2) is 14.2 Å². The van der Waals surface area contributed by atoms with Crippen LogP contribution in [0.2, 0.25) is 0 Å². The molecule has 9 nitrogen and oxygen atoms in total. The van der Waals surface area contributed by atoms with Gasteiger partial charge in [0.2, 0.25) is 5.43 Å². The summed E-state index contributed by atoms with van der Waals surface area (Å²) in [6.07, 6.45) is -2.68. The molecule has 0 unspecified atom stereocenters. The van der Waals surface area contributed by atoms with E-state index in [0.717, 1.165) is 22.4 Å². The van der Waals surface area contributed by atoms with Crippen LogP contribution in [-0.4, -0.2) is 72.2 Å². The number of pyridine rings is 2. The number of anilines is 2. The van der Waals surface area contributed by atoms with Crippen LogP contribution in [0, 0.1) is 5.82 Å². The zero-order chi connectivity index (χ0) is 30.2. The minimum absolute atomic E-state index is 0.129. The number of alkyl halides is 3. The van der Waals surface area contributed by atoms with Gasteiger partial charge >= 0.3 is 12.3 Å². The number of carboxylic acid groups (broad SMARTS) is 1. The molecule has 4 aromatic rings. The summed E-state index contributed by atoms with van der Waals surface area (Å²) >= 11 is 0. The summed E-state index contributed by atoms with van der Waals surface area (Å²) in [5, 5.41) is 9.14. The van der Waals surface area contributed by atoms with Gasteiger partial charge < -0.3 is 29.1 Å². The standard InChI is InChI=1S/C29H27F4N5O4/c1-35(2)16-18-6-8-19(9-7-18)38-17-21(28(40)41)26(39)20-15-22(30)25(27(24(20)38)42-29(31,32)33)37-13-11-36(12-14-37)23-5-3-4-10-34-23/h3-10,15,17H,11-14,16H2,1-2H3,(H,40,41). The monoisotopic (exact) mass is 585 g/mol. The molecular formula is C29H27F4N5O4. The predicted octanol–water partition coefficient (Wildman–Crippen LogP) is 4.51. The van der Waals surface area contributed by atoms with Gasteiger partial charge in [-0.3, -0.25) is 4.79 Å². The highest BCUT2D eigenvalue weighted by Gasteiger charge is 2.37. The lowest BCUT2D eigenvalue weighted by Gasteiger charge is -2.37. The smallest absolute Gasteiger partial charge is 0.477 e. The molecule has 1 fully saturated rings. The van der Waals surface area contributed by atoms with Gasteiger partial charge in [-0.1, -0.05) is 18.2 Å². The Morgan fingerprint density at radius 1 is 1.05 bits per heavy atom. The molecule has 0 aliphatic carbocycles. The van der Waals surface area contributed by atoms with Gasteiger partial charge in [0.05, 0.1) is 5.39 Å². The molecule has 0 amide bonds. The van der Waals surface area contributed by atoms with Crippen molar-refractivity contribution in [2.45, 2.75) is 12.9 Å². The zero-order valence-electron chi connectivity index (χ0n) is 22.7. The number of carbonyl (C=O) groups is 1. The number of rotatable bonds is 7. The Bertz CT molecular complexity index is 1670. The molecule has 13 heteroatoms. The first-order chi connectivity index (χ1) is 19.9. The van der Waals surface area contributed by atoms with Gasteiger partial charge in [-0.15, -0.1) is 13.2 Å². The summed E-state index contributed by atoms with van der Waals surface area (Å²) in [5.41, 5.74) is -1.58. The van der Waals surface area contributed by atoms with E-state index in [1.165, 1.54) is 4.90 Å². The molecule has 220 valence electrons. The number of fused-ring (bicyclic) bond motifs is 1. The lowest BCUT2D eigenvalue weighted by Crippen LogP contribution is -2.47. The van der Waals surface area contributed by atoms with E-state index in [9.17, 15) is 27.9 Å². The second-order valence-electron chi connectivity index (χ2n) is 10.1. The maximum absolute atomic E-state index is 15.8. The van der Waals surface area contributed by atoms with Crippen molar-refractivity contribution in [1.29, 1.82) is 0 Å². The Labute approximate surface area is 237 Å². The molecule has 0 atom stereocenters. The molecule has 0 spiro atoms. The molecule has 1 aliphatic rings. The molecule has 2 aromatic carbocycles. The molecule has 0 bridgehead atoms. The number of hydrogen-bond acceptors (Lipinski definition) is 7. The second-order valence-corrected chi connectivity index (χ2v) is 10.1. The summed E-state index contributed by atoms with van der Waals surface area (Å²) in [4.78, 5) is 34.7. The SMILES string of the molecule is CN(C)Cc1ccc(-n2cc(C(=O)O)c(=O)c3cc(F)c(N4CCN(c5ccccn5)CC4)c(OC(F)(F)F)c32)cc1. The second kappa shape index (κ2) is 11.3. The molecule has 1 saturated heterocycles. The minimum Gasteiger partial charge on any atom is -0.477 e. The van der Waals surface area contributed by atoms with Crippen molar-refractivity contribution < 1.29 is 32.2 Å². The van der Waals surface area contributed by atoms with Crippen molar-refractivity contribution in [3.05, 3.63) is 88.1 Å². The maximum atomic E-state index is 15.8. The summed E-state index contributed by atoms with van der Waals surface area (Å²) in [6, 6.07) is 12.8. The van der Waals surface area contributed by atoms with Crippen LogP contribution in [-0.2, 0) is 6.54 Å². The van der Waals surface area contributed by atoms with Crippen LogP contribution < -0.4 is 20.0 Å². The van der Waals surface area contributed by atoms with E-state index in [2.05, 4.69) is 9.72 Å². The fourth-order valence-corrected chi connectivity index (χ4v) is 5.11. The number of piperazine rings is 1. The van der Waals surface area contributed by atoms with Crippen LogP contribution in [0.3, 0.4) is 0 Å². The van der Waals surface area contributed by atoms with Gasteiger partial charge in [0.15, 0.2) is 11.6 Å². The number of halogens is 4. The number of benzene rings is 2. The number of aromatic nitrogens is 2. The van der Waals surface area contributed by atoms with Crippen molar-refractivity contribution in [2.75, 3.05) is 50.1 Å². The minimum atomic E-state index is -5.24. The van der Waals surface area contributed by atoms with Crippen molar-refractivity contribution in [1.82, 2.24) is 14.5 Å². The van der Waals surface area contributed by atoms with E-state index in [1.54, 1.807) is 42.6 Å². The van der Waals surface area contributed by atoms with Crippen molar-refractivity contribution >= 4 is 28.4 Å². The van der Waals surface area contributed by atoms with Gasteiger partial charge in [-0.05, 0) is 50.0 Å². The molecular weight excluding hydrogens is 558 g/mol. The van der Waals surface area contributed by atoms with Crippen LogP contribution in [0.5, 0.6) is 5.75 Å². The third kappa shape index (κ3) is 5.86. The molecule has 0 radical (unpaired) electrons. The van der Waals surface area contributed by atoms with Crippen LogP contribution >= 0.6 is 0 Å². The van der Waals surface area contributed by atoms with Crippen molar-refractivity contribution in [2.24, 2.45) is 0 Å². The molecule has 1 aliphatic heterocycles. The summed E-state index contributed by atoms with van der Waals surface area (Å²) in [6.45, 7) is 1.50. The molecule has 5 rings (SSSR count). The highest BCUT2D eigenvalue weighted by molar-refractivity contribution is 5.98. The van der Waals surface area contributed by atoms with E-state index >= 15 is 4.39 Å². The van der Waals surface area contributed by atoms with Gasteiger partial charge in [0, 0.05) is 50.8 Å². The normalized spacial score (nSPS) is 14.1. The highest BCUT2D eigenvalue weighted by atomic mass is 19.4. The first kappa shape index (κ1) is 28.9. The Kier molecular flexibility index (Phi) is 7.78. The van der Waals surface area contributed by atoms with Gasteiger partial charge in [0.1, 0.15) is 22.6 Å². The molecule has 2 aromatic heterocycles. The highest BCUT2D eigenvalue weighted by Crippen LogP contribution is 2.42. The Morgan fingerprint density at radius 2 is 1.71 bits per heavy atom. The predicted molar refractivity (Wildman–Crippen MR) is 149 cm³/mol. The average molecular weight is 586 g/mol. The molecule has 1 N–H and O–H groups in total. The number of nitrogens with zero attached hydrogens (tertiary/aromatic N) is 5. The number of ether oxygens (including phenoxy) is 1. The van der Waals surface area contributed by atoms with Crippen LogP contribution in [0.4, 0.5) is 29.1 Å². The third-order valence-electron chi connectivity index (χ3n) is 6.90. The Balaban J connectivity index is 1.70. The molecule has 42 heavy (non-hydrogen) atoms. The van der Waals surface area contributed by atoms with Gasteiger partial charge in [0.25, 0.3) is 0 Å². The van der Waals surface area contributed by atoms with Crippen LogP contribution in [0.25, 0.3) is 16.6 Å². The zero-order valence-corrected chi connectivity index (χ0v) is 22.7. The van der Waals surface area contributed by atoms with E-state index in [0.29, 0.717) is 25.5 Å². The van der Waals surface area contributed by atoms with Crippen molar-refractivity contribution in [3.8, 4) is 11.4 Å². The lowest BCUT2D eigenvalue weighted by atomic mass is 10.1. The largest absolute Gasteiger partial charge is 0.573 e. The van der Waals surface area contributed by atoms with E-state index in [1.807, 2.05) is 30.0 Å². The topological polar surface area (TPSA) is 91.1 Å². The fraction of sp³-hybridized carbons (Fsp3) is 0.276.